The third-order valence-corrected chi connectivity index (χ3v) is 5.00. The fourth-order valence-electron chi connectivity index (χ4n) is 3.41. The van der Waals surface area contributed by atoms with Crippen molar-refractivity contribution in [2.24, 2.45) is 0 Å². The lowest BCUT2D eigenvalue weighted by Gasteiger charge is -2.11. The number of benzene rings is 1. The van der Waals surface area contributed by atoms with Crippen molar-refractivity contribution in [3.8, 4) is 5.69 Å². The number of nitrogens with one attached hydrogen (secondary N) is 1. The molecule has 2 N–H and O–H groups in total. The molecule has 2 aliphatic rings. The third-order valence-electron chi connectivity index (χ3n) is 5.00. The van der Waals surface area contributed by atoms with Crippen LogP contribution in [0.1, 0.15) is 46.6 Å². The van der Waals surface area contributed by atoms with E-state index in [1.54, 1.807) is 0 Å². The molecule has 124 valence electrons. The van der Waals surface area contributed by atoms with Gasteiger partial charge in [0.2, 0.25) is 0 Å². The van der Waals surface area contributed by atoms with E-state index in [0.717, 1.165) is 41.8 Å². The number of para-hydroxylation sites is 1. The van der Waals surface area contributed by atoms with E-state index in [9.17, 15) is 14.7 Å². The molecular formula is C18H19N3O3. The van der Waals surface area contributed by atoms with E-state index < -0.39 is 11.5 Å². The third kappa shape index (κ3) is 2.21. The van der Waals surface area contributed by atoms with E-state index in [-0.39, 0.29) is 5.91 Å². The van der Waals surface area contributed by atoms with Crippen LogP contribution in [-0.2, 0) is 17.6 Å². The summed E-state index contributed by atoms with van der Waals surface area (Å²) < 4.78 is 1.85. The first-order valence-electron chi connectivity index (χ1n) is 8.24. The van der Waals surface area contributed by atoms with Crippen LogP contribution in [0.4, 0.5) is 0 Å². The maximum Gasteiger partial charge on any atom is 0.329 e. The summed E-state index contributed by atoms with van der Waals surface area (Å²) in [5.74, 6) is -1.34. The molecule has 6 nitrogen and oxygen atoms in total. The number of aryl methyl sites for hydroxylation is 1. The van der Waals surface area contributed by atoms with Crippen molar-refractivity contribution in [1.82, 2.24) is 15.1 Å². The van der Waals surface area contributed by atoms with Crippen molar-refractivity contribution in [2.45, 2.75) is 44.6 Å². The van der Waals surface area contributed by atoms with Crippen LogP contribution < -0.4 is 5.32 Å². The Morgan fingerprint density at radius 3 is 2.67 bits per heavy atom. The molecule has 1 aromatic heterocycles. The molecule has 0 radical (unpaired) electrons. The van der Waals surface area contributed by atoms with Crippen molar-refractivity contribution in [2.75, 3.05) is 0 Å². The highest BCUT2D eigenvalue weighted by molar-refractivity contribution is 5.99. The van der Waals surface area contributed by atoms with E-state index in [0.29, 0.717) is 18.5 Å². The second kappa shape index (κ2) is 5.19. The van der Waals surface area contributed by atoms with Crippen molar-refractivity contribution >= 4 is 11.9 Å². The molecule has 1 heterocycles. The van der Waals surface area contributed by atoms with Gasteiger partial charge in [-0.25, -0.2) is 9.48 Å². The topological polar surface area (TPSA) is 84.2 Å². The molecule has 1 aromatic carbocycles. The molecule has 1 amide bonds. The molecule has 2 aliphatic carbocycles. The van der Waals surface area contributed by atoms with Crippen LogP contribution in [0.25, 0.3) is 5.69 Å². The fraction of sp³-hybridized carbons (Fsp3) is 0.389. The standard InChI is InChI=1S/C18H19N3O3/c1-11-5-2-3-7-13(11)21-14-8-4-6-12(14)15(20-21)16(22)19-18(9-10-18)17(23)24/h2-3,5,7H,4,6,8-10H2,1H3,(H,19,22)(H,23,24). The molecular weight excluding hydrogens is 306 g/mol. The SMILES string of the molecule is Cc1ccccc1-n1nc(C(=O)NC2(C(=O)O)CC2)c2c1CCC2. The summed E-state index contributed by atoms with van der Waals surface area (Å²) in [6, 6.07) is 7.93. The molecule has 0 atom stereocenters. The van der Waals surface area contributed by atoms with Gasteiger partial charge >= 0.3 is 5.97 Å². The highest BCUT2D eigenvalue weighted by Gasteiger charge is 2.52. The minimum atomic E-state index is -1.09. The minimum absolute atomic E-state index is 0.373. The molecule has 0 unspecified atom stereocenters. The van der Waals surface area contributed by atoms with Crippen molar-refractivity contribution in [1.29, 1.82) is 0 Å². The smallest absolute Gasteiger partial charge is 0.329 e. The largest absolute Gasteiger partial charge is 0.480 e. The first-order chi connectivity index (χ1) is 11.5. The number of fused-ring (bicyclic) bond motifs is 1. The van der Waals surface area contributed by atoms with Crippen LogP contribution in [0.3, 0.4) is 0 Å². The quantitative estimate of drug-likeness (QED) is 0.901. The average molecular weight is 325 g/mol. The average Bonchev–Trinajstić information content (AvgIpc) is 3.03. The zero-order valence-electron chi connectivity index (χ0n) is 13.5. The first kappa shape index (κ1) is 14.9. The zero-order chi connectivity index (χ0) is 16.9. The summed E-state index contributed by atoms with van der Waals surface area (Å²) in [5.41, 5.74) is 3.36. The van der Waals surface area contributed by atoms with Gasteiger partial charge < -0.3 is 10.4 Å². The van der Waals surface area contributed by atoms with Gasteiger partial charge in [-0.15, -0.1) is 0 Å². The number of aliphatic carboxylic acids is 1. The molecule has 6 heteroatoms. The van der Waals surface area contributed by atoms with Gasteiger partial charge in [-0.3, -0.25) is 4.79 Å². The second-order valence-corrected chi connectivity index (χ2v) is 6.67. The van der Waals surface area contributed by atoms with Crippen LogP contribution >= 0.6 is 0 Å². The zero-order valence-corrected chi connectivity index (χ0v) is 13.5. The van der Waals surface area contributed by atoms with Gasteiger partial charge in [-0.2, -0.15) is 5.10 Å². The molecule has 0 aliphatic heterocycles. The second-order valence-electron chi connectivity index (χ2n) is 6.67. The predicted octanol–water partition coefficient (Wildman–Crippen LogP) is 2.02. The number of hydrogen-bond acceptors (Lipinski definition) is 3. The number of carboxylic acids is 1. The highest BCUT2D eigenvalue weighted by atomic mass is 16.4. The number of rotatable bonds is 4. The van der Waals surface area contributed by atoms with Gasteiger partial charge in [0.15, 0.2) is 5.69 Å². The van der Waals surface area contributed by atoms with E-state index in [2.05, 4.69) is 10.4 Å². The Hall–Kier alpha value is -2.63. The summed E-state index contributed by atoms with van der Waals surface area (Å²) in [6.07, 6.45) is 3.64. The molecule has 1 saturated carbocycles. The highest BCUT2D eigenvalue weighted by Crippen LogP contribution is 2.36. The maximum atomic E-state index is 12.6. The van der Waals surface area contributed by atoms with Crippen LogP contribution in [0, 0.1) is 6.92 Å². The Balaban J connectivity index is 1.73. The number of amides is 1. The lowest BCUT2D eigenvalue weighted by atomic mass is 10.1. The fourth-order valence-corrected chi connectivity index (χ4v) is 3.41. The Morgan fingerprint density at radius 1 is 1.25 bits per heavy atom. The lowest BCUT2D eigenvalue weighted by molar-refractivity contribution is -0.140. The number of nitrogens with zero attached hydrogens (tertiary/aromatic N) is 2. The summed E-state index contributed by atoms with van der Waals surface area (Å²) in [6.45, 7) is 2.02. The van der Waals surface area contributed by atoms with Gasteiger partial charge in [0, 0.05) is 11.3 Å². The first-order valence-corrected chi connectivity index (χ1v) is 8.24. The van der Waals surface area contributed by atoms with Crippen molar-refractivity contribution < 1.29 is 14.7 Å². The van der Waals surface area contributed by atoms with E-state index in [1.807, 2.05) is 35.9 Å². The number of aromatic nitrogens is 2. The normalized spacial score (nSPS) is 17.4. The monoisotopic (exact) mass is 325 g/mol. The molecule has 1 fully saturated rings. The van der Waals surface area contributed by atoms with E-state index >= 15 is 0 Å². The molecule has 0 saturated heterocycles. The van der Waals surface area contributed by atoms with E-state index in [1.165, 1.54) is 0 Å². The summed E-state index contributed by atoms with van der Waals surface area (Å²) >= 11 is 0. The molecule has 2 aromatic rings. The van der Waals surface area contributed by atoms with Crippen molar-refractivity contribution in [3.63, 3.8) is 0 Å². The number of carbonyl (C=O) groups is 2. The van der Waals surface area contributed by atoms with Gasteiger partial charge in [0.1, 0.15) is 5.54 Å². The Labute approximate surface area is 139 Å². The molecule has 24 heavy (non-hydrogen) atoms. The number of carboxylic acid groups (broad SMARTS) is 1. The molecule has 4 rings (SSSR count). The van der Waals surface area contributed by atoms with Crippen LogP contribution in [0.2, 0.25) is 0 Å². The van der Waals surface area contributed by atoms with Gasteiger partial charge in [0.25, 0.3) is 5.91 Å². The van der Waals surface area contributed by atoms with E-state index in [4.69, 9.17) is 0 Å². The van der Waals surface area contributed by atoms with Crippen LogP contribution in [0.15, 0.2) is 24.3 Å². The van der Waals surface area contributed by atoms with Gasteiger partial charge in [0.05, 0.1) is 5.69 Å². The van der Waals surface area contributed by atoms with Gasteiger partial charge in [-0.1, -0.05) is 18.2 Å². The summed E-state index contributed by atoms with van der Waals surface area (Å²) in [4.78, 5) is 24.0. The summed E-state index contributed by atoms with van der Waals surface area (Å²) in [5, 5.41) is 16.5. The van der Waals surface area contributed by atoms with Crippen LogP contribution in [-0.4, -0.2) is 32.3 Å². The Morgan fingerprint density at radius 2 is 2.00 bits per heavy atom. The van der Waals surface area contributed by atoms with Crippen LogP contribution in [0.5, 0.6) is 0 Å². The Bertz CT molecular complexity index is 849. The maximum absolute atomic E-state index is 12.6. The van der Waals surface area contributed by atoms with Crippen molar-refractivity contribution in [3.05, 3.63) is 46.8 Å². The van der Waals surface area contributed by atoms with Gasteiger partial charge in [-0.05, 0) is 50.7 Å². The minimum Gasteiger partial charge on any atom is -0.480 e. The number of carbonyl (C=O) groups excluding carboxylic acids is 1. The Kier molecular flexibility index (Phi) is 3.23. The lowest BCUT2D eigenvalue weighted by Crippen LogP contribution is -2.43. The number of hydrogen-bond donors (Lipinski definition) is 2. The molecule has 0 bridgehead atoms. The summed E-state index contributed by atoms with van der Waals surface area (Å²) in [7, 11) is 0. The molecule has 0 spiro atoms. The predicted molar refractivity (Wildman–Crippen MR) is 87.4 cm³/mol.